The lowest BCUT2D eigenvalue weighted by Gasteiger charge is -2.16. The van der Waals surface area contributed by atoms with Crippen LogP contribution in [0.15, 0.2) is 18.2 Å². The third-order valence-corrected chi connectivity index (χ3v) is 2.67. The number of carboxylic acid groups (broad SMARTS) is 1. The molecule has 0 aliphatic heterocycles. The van der Waals surface area contributed by atoms with Crippen LogP contribution in [0.5, 0.6) is 0 Å². The molecule has 1 aromatic carbocycles. The van der Waals surface area contributed by atoms with Gasteiger partial charge in [-0.1, -0.05) is 6.07 Å². The molecule has 3 nitrogen and oxygen atoms in total. The maximum atomic E-state index is 13.1. The zero-order valence-electron chi connectivity index (χ0n) is 9.24. The van der Waals surface area contributed by atoms with Gasteiger partial charge in [-0.2, -0.15) is 0 Å². The lowest BCUT2D eigenvalue weighted by atomic mass is 9.91. The van der Waals surface area contributed by atoms with Crippen LogP contribution >= 0.6 is 0 Å². The van der Waals surface area contributed by atoms with Crippen LogP contribution in [-0.2, 0) is 4.79 Å². The summed E-state index contributed by atoms with van der Waals surface area (Å²) in [6, 6.07) is 4.52. The molecule has 0 radical (unpaired) electrons. The molecule has 0 fully saturated rings. The van der Waals surface area contributed by atoms with Gasteiger partial charge < -0.3 is 10.8 Å². The van der Waals surface area contributed by atoms with Crippen LogP contribution in [0.2, 0.25) is 0 Å². The first-order chi connectivity index (χ1) is 7.54. The fourth-order valence-corrected chi connectivity index (χ4v) is 1.75. The van der Waals surface area contributed by atoms with Gasteiger partial charge in [0.15, 0.2) is 0 Å². The number of aryl methyl sites for hydroxylation is 1. The molecule has 1 aromatic rings. The topological polar surface area (TPSA) is 63.3 Å². The van der Waals surface area contributed by atoms with Crippen molar-refractivity contribution in [3.8, 4) is 0 Å². The van der Waals surface area contributed by atoms with E-state index in [2.05, 4.69) is 0 Å². The van der Waals surface area contributed by atoms with Gasteiger partial charge in [0.25, 0.3) is 0 Å². The van der Waals surface area contributed by atoms with E-state index in [1.807, 2.05) is 6.92 Å². The molecule has 0 saturated carbocycles. The highest BCUT2D eigenvalue weighted by molar-refractivity contribution is 5.66. The van der Waals surface area contributed by atoms with Crippen molar-refractivity contribution < 1.29 is 14.3 Å². The summed E-state index contributed by atoms with van der Waals surface area (Å²) in [7, 11) is 0. The molecule has 16 heavy (non-hydrogen) atoms. The molecule has 0 heterocycles. The predicted octanol–water partition coefficient (Wildman–Crippen LogP) is 2.04. The van der Waals surface area contributed by atoms with Crippen molar-refractivity contribution in [3.63, 3.8) is 0 Å². The summed E-state index contributed by atoms with van der Waals surface area (Å²) in [6.07, 6.45) is 0.494. The average molecular weight is 225 g/mol. The number of hydrogen-bond acceptors (Lipinski definition) is 2. The van der Waals surface area contributed by atoms with Crippen molar-refractivity contribution >= 4 is 5.97 Å². The molecular weight excluding hydrogens is 209 g/mol. The van der Waals surface area contributed by atoms with E-state index < -0.39 is 5.97 Å². The minimum Gasteiger partial charge on any atom is -0.481 e. The molecule has 0 bridgehead atoms. The first-order valence-corrected chi connectivity index (χ1v) is 5.22. The number of rotatable bonds is 5. The summed E-state index contributed by atoms with van der Waals surface area (Å²) < 4.78 is 13.1. The van der Waals surface area contributed by atoms with Gasteiger partial charge in [0.1, 0.15) is 5.82 Å². The Bertz CT molecular complexity index is 379. The minimum absolute atomic E-state index is 0.0534. The van der Waals surface area contributed by atoms with E-state index in [1.54, 1.807) is 6.07 Å². The summed E-state index contributed by atoms with van der Waals surface area (Å²) in [5, 5.41) is 8.61. The highest BCUT2D eigenvalue weighted by Crippen LogP contribution is 2.24. The molecular formula is C12H16FNO2. The fraction of sp³-hybridized carbons (Fsp3) is 0.417. The molecule has 0 aliphatic rings. The normalized spacial score (nSPS) is 12.4. The molecule has 0 aromatic heterocycles. The van der Waals surface area contributed by atoms with Crippen LogP contribution in [0.4, 0.5) is 4.39 Å². The van der Waals surface area contributed by atoms with E-state index in [0.717, 1.165) is 11.1 Å². The van der Waals surface area contributed by atoms with Crippen LogP contribution in [0, 0.1) is 12.7 Å². The van der Waals surface area contributed by atoms with E-state index in [0.29, 0.717) is 13.0 Å². The van der Waals surface area contributed by atoms with Gasteiger partial charge in [0.05, 0.1) is 0 Å². The molecule has 1 rings (SSSR count). The van der Waals surface area contributed by atoms with Gasteiger partial charge in [-0.15, -0.1) is 0 Å². The summed E-state index contributed by atoms with van der Waals surface area (Å²) >= 11 is 0. The Morgan fingerprint density at radius 1 is 1.56 bits per heavy atom. The zero-order valence-corrected chi connectivity index (χ0v) is 9.24. The van der Waals surface area contributed by atoms with Crippen molar-refractivity contribution in [1.82, 2.24) is 0 Å². The number of aliphatic carboxylic acids is 1. The summed E-state index contributed by atoms with van der Waals surface area (Å²) in [4.78, 5) is 10.5. The van der Waals surface area contributed by atoms with Crippen LogP contribution < -0.4 is 5.73 Å². The Morgan fingerprint density at radius 2 is 2.25 bits per heavy atom. The van der Waals surface area contributed by atoms with Gasteiger partial charge in [-0.25, -0.2) is 4.39 Å². The monoisotopic (exact) mass is 225 g/mol. The van der Waals surface area contributed by atoms with Crippen molar-refractivity contribution in [2.45, 2.75) is 25.7 Å². The highest BCUT2D eigenvalue weighted by atomic mass is 19.1. The Morgan fingerprint density at radius 3 is 2.81 bits per heavy atom. The lowest BCUT2D eigenvalue weighted by Crippen LogP contribution is -2.15. The quantitative estimate of drug-likeness (QED) is 0.806. The third-order valence-electron chi connectivity index (χ3n) is 2.67. The molecule has 88 valence electrons. The number of hydrogen-bond donors (Lipinski definition) is 2. The molecule has 3 N–H and O–H groups in total. The van der Waals surface area contributed by atoms with Gasteiger partial charge in [0.2, 0.25) is 0 Å². The van der Waals surface area contributed by atoms with Gasteiger partial charge in [-0.3, -0.25) is 4.79 Å². The Kier molecular flexibility index (Phi) is 4.43. The molecule has 0 saturated heterocycles. The second-order valence-electron chi connectivity index (χ2n) is 3.87. The summed E-state index contributed by atoms with van der Waals surface area (Å²) in [5.74, 6) is -1.26. The van der Waals surface area contributed by atoms with E-state index >= 15 is 0 Å². The first kappa shape index (κ1) is 12.6. The van der Waals surface area contributed by atoms with Crippen LogP contribution in [-0.4, -0.2) is 17.6 Å². The van der Waals surface area contributed by atoms with Crippen molar-refractivity contribution in [2.24, 2.45) is 5.73 Å². The predicted molar refractivity (Wildman–Crippen MR) is 59.8 cm³/mol. The second-order valence-corrected chi connectivity index (χ2v) is 3.87. The smallest absolute Gasteiger partial charge is 0.303 e. The van der Waals surface area contributed by atoms with E-state index in [-0.39, 0.29) is 18.2 Å². The van der Waals surface area contributed by atoms with Crippen molar-refractivity contribution in [1.29, 1.82) is 0 Å². The van der Waals surface area contributed by atoms with Gasteiger partial charge in [0, 0.05) is 6.42 Å². The van der Waals surface area contributed by atoms with Crippen LogP contribution in [0.1, 0.15) is 29.9 Å². The largest absolute Gasteiger partial charge is 0.481 e. The van der Waals surface area contributed by atoms with Gasteiger partial charge >= 0.3 is 5.97 Å². The molecule has 1 unspecified atom stereocenters. The third kappa shape index (κ3) is 3.31. The zero-order chi connectivity index (χ0) is 12.1. The summed E-state index contributed by atoms with van der Waals surface area (Å²) in [6.45, 7) is 2.20. The van der Waals surface area contributed by atoms with E-state index in [1.165, 1.54) is 12.1 Å². The Labute approximate surface area is 94.1 Å². The fourth-order valence-electron chi connectivity index (χ4n) is 1.75. The molecule has 0 amide bonds. The maximum absolute atomic E-state index is 13.1. The molecule has 1 atom stereocenters. The highest BCUT2D eigenvalue weighted by Gasteiger charge is 2.14. The standard InChI is InChI=1S/C12H16FNO2/c1-8-2-4-10(13)6-11(8)9(7-14)3-5-12(15)16/h2,4,6,9H,3,5,7,14H2,1H3,(H,15,16). The maximum Gasteiger partial charge on any atom is 0.303 e. The van der Waals surface area contributed by atoms with E-state index in [9.17, 15) is 9.18 Å². The number of carbonyl (C=O) groups is 1. The first-order valence-electron chi connectivity index (χ1n) is 5.22. The lowest BCUT2D eigenvalue weighted by molar-refractivity contribution is -0.137. The minimum atomic E-state index is -0.854. The SMILES string of the molecule is Cc1ccc(F)cc1C(CN)CCC(=O)O. The van der Waals surface area contributed by atoms with Gasteiger partial charge in [-0.05, 0) is 49.1 Å². The van der Waals surface area contributed by atoms with Crippen molar-refractivity contribution in [3.05, 3.63) is 35.1 Å². The molecule has 4 heteroatoms. The average Bonchev–Trinajstić information content (AvgIpc) is 2.23. The number of nitrogens with two attached hydrogens (primary N) is 1. The van der Waals surface area contributed by atoms with Crippen LogP contribution in [0.25, 0.3) is 0 Å². The number of carboxylic acids is 1. The Balaban J connectivity index is 2.85. The van der Waals surface area contributed by atoms with Crippen LogP contribution in [0.3, 0.4) is 0 Å². The molecule has 0 spiro atoms. The number of benzene rings is 1. The second kappa shape index (κ2) is 5.61. The van der Waals surface area contributed by atoms with Crippen molar-refractivity contribution in [2.75, 3.05) is 6.54 Å². The number of halogens is 1. The summed E-state index contributed by atoms with van der Waals surface area (Å²) in [5.41, 5.74) is 7.35. The molecule has 0 aliphatic carbocycles. The Hall–Kier alpha value is -1.42. The van der Waals surface area contributed by atoms with E-state index in [4.69, 9.17) is 10.8 Å².